The van der Waals surface area contributed by atoms with Crippen LogP contribution in [0.1, 0.15) is 55.7 Å². The average molecular weight is 259 g/mol. The van der Waals surface area contributed by atoms with Gasteiger partial charge >= 0.3 is 0 Å². The summed E-state index contributed by atoms with van der Waals surface area (Å²) in [6.07, 6.45) is 9.35. The van der Waals surface area contributed by atoms with Gasteiger partial charge in [-0.2, -0.15) is 0 Å². The highest BCUT2D eigenvalue weighted by Crippen LogP contribution is 2.32. The fourth-order valence-electron chi connectivity index (χ4n) is 3.76. The molecule has 3 rings (SSSR count). The molecule has 2 heteroatoms. The van der Waals surface area contributed by atoms with E-state index in [1.54, 1.807) is 0 Å². The van der Waals surface area contributed by atoms with Crippen LogP contribution in [0, 0.1) is 0 Å². The van der Waals surface area contributed by atoms with Gasteiger partial charge < -0.3 is 10.1 Å². The minimum atomic E-state index is 0.405. The number of ether oxygens (including phenoxy) is 1. The monoisotopic (exact) mass is 259 g/mol. The quantitative estimate of drug-likeness (QED) is 0.895. The fraction of sp³-hybridized carbons (Fsp3) is 0.647. The highest BCUT2D eigenvalue weighted by molar-refractivity contribution is 5.32. The van der Waals surface area contributed by atoms with Gasteiger partial charge in [-0.15, -0.1) is 0 Å². The summed E-state index contributed by atoms with van der Waals surface area (Å²) in [6.45, 7) is 0. The van der Waals surface area contributed by atoms with Crippen LogP contribution in [-0.2, 0) is 11.2 Å². The molecule has 1 aromatic rings. The van der Waals surface area contributed by atoms with Crippen molar-refractivity contribution < 1.29 is 4.74 Å². The summed E-state index contributed by atoms with van der Waals surface area (Å²) in [4.78, 5) is 0. The molecule has 0 amide bonds. The molecule has 0 aromatic heterocycles. The van der Waals surface area contributed by atoms with Crippen LogP contribution in [0.15, 0.2) is 24.3 Å². The van der Waals surface area contributed by atoms with E-state index in [0.717, 1.165) is 0 Å². The minimum absolute atomic E-state index is 0.405. The first-order valence-corrected chi connectivity index (χ1v) is 7.75. The Kier molecular flexibility index (Phi) is 4.19. The number of nitrogens with one attached hydrogen (secondary N) is 1. The summed E-state index contributed by atoms with van der Waals surface area (Å²) >= 11 is 0. The fourth-order valence-corrected chi connectivity index (χ4v) is 3.76. The lowest BCUT2D eigenvalue weighted by Gasteiger charge is -2.36. The molecule has 0 heterocycles. The Labute approximate surface area is 116 Å². The van der Waals surface area contributed by atoms with E-state index in [0.29, 0.717) is 18.2 Å². The van der Waals surface area contributed by atoms with Crippen molar-refractivity contribution in [1.29, 1.82) is 0 Å². The second-order valence-electron chi connectivity index (χ2n) is 5.98. The topological polar surface area (TPSA) is 21.3 Å². The zero-order chi connectivity index (χ0) is 13.1. The van der Waals surface area contributed by atoms with Gasteiger partial charge in [0.15, 0.2) is 0 Å². The second-order valence-corrected chi connectivity index (χ2v) is 5.98. The molecule has 104 valence electrons. The van der Waals surface area contributed by atoms with Crippen LogP contribution in [0.4, 0.5) is 0 Å². The lowest BCUT2D eigenvalue weighted by molar-refractivity contribution is 0.0368. The van der Waals surface area contributed by atoms with Gasteiger partial charge in [0, 0.05) is 19.2 Å². The maximum absolute atomic E-state index is 5.67. The molecule has 1 N–H and O–H groups in total. The van der Waals surface area contributed by atoms with E-state index >= 15 is 0 Å². The third-order valence-electron chi connectivity index (χ3n) is 4.79. The van der Waals surface area contributed by atoms with Crippen LogP contribution < -0.4 is 5.32 Å². The average Bonchev–Trinajstić information content (AvgIpc) is 2.48. The SMILES string of the molecule is CO[C@@H]1CCCC[C@@H]1N[C@@H]1CCCc2ccccc21. The maximum Gasteiger partial charge on any atom is 0.0724 e. The van der Waals surface area contributed by atoms with Gasteiger partial charge in [0.05, 0.1) is 6.10 Å². The van der Waals surface area contributed by atoms with Crippen molar-refractivity contribution in [1.82, 2.24) is 5.32 Å². The second kappa shape index (κ2) is 6.06. The van der Waals surface area contributed by atoms with Crippen LogP contribution in [0.2, 0.25) is 0 Å². The first kappa shape index (κ1) is 13.1. The van der Waals surface area contributed by atoms with Gasteiger partial charge in [-0.1, -0.05) is 37.1 Å². The van der Waals surface area contributed by atoms with E-state index in [1.807, 2.05) is 7.11 Å². The molecule has 1 saturated carbocycles. The van der Waals surface area contributed by atoms with Gasteiger partial charge in [-0.25, -0.2) is 0 Å². The molecule has 19 heavy (non-hydrogen) atoms. The largest absolute Gasteiger partial charge is 0.380 e. The van der Waals surface area contributed by atoms with Crippen LogP contribution in [-0.4, -0.2) is 19.3 Å². The van der Waals surface area contributed by atoms with E-state index in [1.165, 1.54) is 56.1 Å². The molecule has 0 bridgehead atoms. The van der Waals surface area contributed by atoms with Crippen molar-refractivity contribution in [2.45, 2.75) is 63.1 Å². The highest BCUT2D eigenvalue weighted by Gasteiger charge is 2.29. The van der Waals surface area contributed by atoms with Crippen molar-refractivity contribution >= 4 is 0 Å². The number of methoxy groups -OCH3 is 1. The van der Waals surface area contributed by atoms with E-state index in [9.17, 15) is 0 Å². The third kappa shape index (κ3) is 2.85. The number of hydrogen-bond donors (Lipinski definition) is 1. The number of hydrogen-bond acceptors (Lipinski definition) is 2. The zero-order valence-corrected chi connectivity index (χ0v) is 11.9. The maximum atomic E-state index is 5.67. The smallest absolute Gasteiger partial charge is 0.0724 e. The Balaban J connectivity index is 1.73. The van der Waals surface area contributed by atoms with Crippen molar-refractivity contribution in [2.75, 3.05) is 7.11 Å². The van der Waals surface area contributed by atoms with Gasteiger partial charge in [0.2, 0.25) is 0 Å². The van der Waals surface area contributed by atoms with Gasteiger partial charge in [0.1, 0.15) is 0 Å². The van der Waals surface area contributed by atoms with Crippen molar-refractivity contribution in [3.63, 3.8) is 0 Å². The summed E-state index contributed by atoms with van der Waals surface area (Å²) < 4.78 is 5.67. The summed E-state index contributed by atoms with van der Waals surface area (Å²) in [5.41, 5.74) is 3.06. The molecule has 0 aliphatic heterocycles. The Morgan fingerprint density at radius 2 is 1.89 bits per heavy atom. The summed E-state index contributed by atoms with van der Waals surface area (Å²) in [5.74, 6) is 0. The molecule has 2 aliphatic carbocycles. The molecule has 1 aromatic carbocycles. The van der Waals surface area contributed by atoms with Gasteiger partial charge in [0.25, 0.3) is 0 Å². The third-order valence-corrected chi connectivity index (χ3v) is 4.79. The van der Waals surface area contributed by atoms with E-state index in [4.69, 9.17) is 4.74 Å². The van der Waals surface area contributed by atoms with E-state index in [2.05, 4.69) is 29.6 Å². The first-order chi connectivity index (χ1) is 9.38. The molecular formula is C17H25NO. The summed E-state index contributed by atoms with van der Waals surface area (Å²) in [7, 11) is 1.86. The number of fused-ring (bicyclic) bond motifs is 1. The van der Waals surface area contributed by atoms with Crippen molar-refractivity contribution in [3.05, 3.63) is 35.4 Å². The van der Waals surface area contributed by atoms with Crippen LogP contribution in [0.5, 0.6) is 0 Å². The predicted octanol–water partition coefficient (Wildman–Crippen LogP) is 3.61. The predicted molar refractivity (Wildman–Crippen MR) is 78.3 cm³/mol. The number of rotatable bonds is 3. The summed E-state index contributed by atoms with van der Waals surface area (Å²) in [6, 6.07) is 10.0. The molecule has 2 aliphatic rings. The Hall–Kier alpha value is -0.860. The molecule has 3 atom stereocenters. The lowest BCUT2D eigenvalue weighted by atomic mass is 9.85. The van der Waals surface area contributed by atoms with Gasteiger partial charge in [-0.3, -0.25) is 0 Å². The highest BCUT2D eigenvalue weighted by atomic mass is 16.5. The Morgan fingerprint density at radius 1 is 1.05 bits per heavy atom. The molecular weight excluding hydrogens is 234 g/mol. The molecule has 0 spiro atoms. The molecule has 0 radical (unpaired) electrons. The summed E-state index contributed by atoms with van der Waals surface area (Å²) in [5, 5.41) is 3.89. The standard InChI is InChI=1S/C17H25NO/c1-19-17-12-5-4-10-16(17)18-15-11-6-8-13-7-2-3-9-14(13)15/h2-3,7,9,15-18H,4-6,8,10-12H2,1H3/t15-,16+,17-/m1/s1. The van der Waals surface area contributed by atoms with Crippen LogP contribution >= 0.6 is 0 Å². The van der Waals surface area contributed by atoms with Crippen molar-refractivity contribution in [3.8, 4) is 0 Å². The van der Waals surface area contributed by atoms with E-state index < -0.39 is 0 Å². The molecule has 0 unspecified atom stereocenters. The van der Waals surface area contributed by atoms with E-state index in [-0.39, 0.29) is 0 Å². The Morgan fingerprint density at radius 3 is 2.79 bits per heavy atom. The molecule has 0 saturated heterocycles. The van der Waals surface area contributed by atoms with Crippen molar-refractivity contribution in [2.24, 2.45) is 0 Å². The zero-order valence-electron chi connectivity index (χ0n) is 11.9. The normalized spacial score (nSPS) is 30.9. The minimum Gasteiger partial charge on any atom is -0.380 e. The molecule has 2 nitrogen and oxygen atoms in total. The lowest BCUT2D eigenvalue weighted by Crippen LogP contribution is -2.45. The molecule has 1 fully saturated rings. The Bertz CT molecular complexity index is 417. The first-order valence-electron chi connectivity index (χ1n) is 7.75. The van der Waals surface area contributed by atoms with Crippen LogP contribution in [0.3, 0.4) is 0 Å². The van der Waals surface area contributed by atoms with Gasteiger partial charge in [-0.05, 0) is 43.2 Å². The van der Waals surface area contributed by atoms with Crippen LogP contribution in [0.25, 0.3) is 0 Å². The number of benzene rings is 1. The number of aryl methyl sites for hydroxylation is 1.